The number of carbonyl (C=O) groups is 2. The molecule has 0 aliphatic rings. The second-order valence-corrected chi connectivity index (χ2v) is 4.02. The van der Waals surface area contributed by atoms with Gasteiger partial charge in [-0.3, -0.25) is 9.59 Å². The molecule has 1 rings (SSSR count). The van der Waals surface area contributed by atoms with E-state index in [9.17, 15) is 9.59 Å². The number of hydrogen-bond donors (Lipinski definition) is 2. The fourth-order valence-electron chi connectivity index (χ4n) is 1.36. The Morgan fingerprint density at radius 1 is 1.50 bits per heavy atom. The maximum atomic E-state index is 11.8. The van der Waals surface area contributed by atoms with Crippen LogP contribution in [0.4, 0.5) is 0 Å². The molecule has 0 saturated heterocycles. The summed E-state index contributed by atoms with van der Waals surface area (Å²) in [5, 5.41) is 13.8. The molecule has 20 heavy (non-hydrogen) atoms. The van der Waals surface area contributed by atoms with E-state index in [4.69, 9.17) is 10.00 Å². The van der Waals surface area contributed by atoms with Crippen molar-refractivity contribution in [1.82, 2.24) is 15.6 Å². The lowest BCUT2D eigenvalue weighted by Crippen LogP contribution is -2.45. The Hall–Kier alpha value is -2.46. The van der Waals surface area contributed by atoms with Gasteiger partial charge in [-0.1, -0.05) is 0 Å². The fraction of sp³-hybridized carbons (Fsp3) is 0.385. The van der Waals surface area contributed by atoms with Gasteiger partial charge in [0.05, 0.1) is 12.2 Å². The summed E-state index contributed by atoms with van der Waals surface area (Å²) in [6.45, 7) is 2.36. The van der Waals surface area contributed by atoms with Crippen LogP contribution in [-0.2, 0) is 9.53 Å². The number of methoxy groups -OCH3 is 1. The van der Waals surface area contributed by atoms with Gasteiger partial charge in [-0.2, -0.15) is 5.26 Å². The van der Waals surface area contributed by atoms with Crippen LogP contribution in [0.15, 0.2) is 18.3 Å². The molecule has 1 aromatic rings. The maximum Gasteiger partial charge on any atom is 0.270 e. The van der Waals surface area contributed by atoms with E-state index in [0.717, 1.165) is 0 Å². The van der Waals surface area contributed by atoms with E-state index in [1.54, 1.807) is 6.92 Å². The summed E-state index contributed by atoms with van der Waals surface area (Å²) in [6.07, 6.45) is 1.30. The molecule has 7 heteroatoms. The highest BCUT2D eigenvalue weighted by atomic mass is 16.5. The molecule has 1 atom stereocenters. The van der Waals surface area contributed by atoms with Crippen LogP contribution in [0, 0.1) is 11.3 Å². The van der Waals surface area contributed by atoms with E-state index in [1.165, 1.54) is 25.4 Å². The summed E-state index contributed by atoms with van der Waals surface area (Å²) >= 11 is 0. The van der Waals surface area contributed by atoms with Gasteiger partial charge in [0, 0.05) is 19.9 Å². The zero-order valence-corrected chi connectivity index (χ0v) is 11.3. The number of nitrogens with one attached hydrogen (secondary N) is 2. The van der Waals surface area contributed by atoms with Gasteiger partial charge in [0.15, 0.2) is 0 Å². The third kappa shape index (κ3) is 4.66. The summed E-state index contributed by atoms with van der Waals surface area (Å²) in [6, 6.07) is 4.15. The van der Waals surface area contributed by atoms with Crippen LogP contribution in [0.25, 0.3) is 0 Å². The van der Waals surface area contributed by atoms with Crippen molar-refractivity contribution in [2.45, 2.75) is 13.0 Å². The van der Waals surface area contributed by atoms with Crippen molar-refractivity contribution >= 4 is 11.8 Å². The molecule has 0 aromatic carbocycles. The summed E-state index contributed by atoms with van der Waals surface area (Å²) < 4.78 is 4.81. The van der Waals surface area contributed by atoms with E-state index in [-0.39, 0.29) is 11.6 Å². The lowest BCUT2D eigenvalue weighted by Gasteiger charge is -2.13. The topological polar surface area (TPSA) is 104 Å². The second kappa shape index (κ2) is 7.86. The quantitative estimate of drug-likeness (QED) is 0.702. The standard InChI is InChI=1S/C13H16N4O3/c1-9(12(18)15-5-6-20-2)17-13(19)11-4-3-10(7-14)8-16-11/h3-4,8-9H,5-6H2,1-2H3,(H,15,18)(H,17,19). The van der Waals surface area contributed by atoms with E-state index < -0.39 is 11.9 Å². The average Bonchev–Trinajstić information content (AvgIpc) is 2.47. The highest BCUT2D eigenvalue weighted by molar-refractivity contribution is 5.95. The maximum absolute atomic E-state index is 11.8. The van der Waals surface area contributed by atoms with Crippen molar-refractivity contribution in [1.29, 1.82) is 5.26 Å². The van der Waals surface area contributed by atoms with Crippen LogP contribution in [0.2, 0.25) is 0 Å². The molecule has 106 valence electrons. The Kier molecular flexibility index (Phi) is 6.13. The first-order valence-electron chi connectivity index (χ1n) is 6.02. The van der Waals surface area contributed by atoms with E-state index in [0.29, 0.717) is 18.7 Å². The number of pyridine rings is 1. The normalized spacial score (nSPS) is 11.2. The summed E-state index contributed by atoms with van der Waals surface area (Å²) in [4.78, 5) is 27.3. The van der Waals surface area contributed by atoms with Crippen LogP contribution in [0.1, 0.15) is 23.0 Å². The fourth-order valence-corrected chi connectivity index (χ4v) is 1.36. The lowest BCUT2D eigenvalue weighted by atomic mass is 10.2. The van der Waals surface area contributed by atoms with Gasteiger partial charge >= 0.3 is 0 Å². The summed E-state index contributed by atoms with van der Waals surface area (Å²) in [7, 11) is 1.54. The van der Waals surface area contributed by atoms with Gasteiger partial charge in [0.2, 0.25) is 5.91 Å². The van der Waals surface area contributed by atoms with Crippen LogP contribution in [-0.4, -0.2) is 43.1 Å². The molecule has 0 fully saturated rings. The number of nitrogens with zero attached hydrogens (tertiary/aromatic N) is 2. The predicted octanol–water partition coefficient (Wildman–Crippen LogP) is -0.166. The van der Waals surface area contributed by atoms with E-state index in [2.05, 4.69) is 15.6 Å². The molecule has 0 bridgehead atoms. The molecule has 0 spiro atoms. The number of carbonyl (C=O) groups excluding carboxylic acids is 2. The van der Waals surface area contributed by atoms with E-state index in [1.807, 2.05) is 6.07 Å². The van der Waals surface area contributed by atoms with Crippen LogP contribution < -0.4 is 10.6 Å². The molecular weight excluding hydrogens is 260 g/mol. The summed E-state index contributed by atoms with van der Waals surface area (Å²) in [5.74, 6) is -0.770. The average molecular weight is 276 g/mol. The van der Waals surface area contributed by atoms with Crippen molar-refractivity contribution in [3.63, 3.8) is 0 Å². The van der Waals surface area contributed by atoms with Gasteiger partial charge in [0.25, 0.3) is 5.91 Å². The minimum atomic E-state index is -0.684. The highest BCUT2D eigenvalue weighted by Crippen LogP contribution is 1.99. The minimum absolute atomic E-state index is 0.153. The van der Waals surface area contributed by atoms with Crippen LogP contribution in [0.5, 0.6) is 0 Å². The number of nitriles is 1. The Morgan fingerprint density at radius 2 is 2.25 bits per heavy atom. The second-order valence-electron chi connectivity index (χ2n) is 4.02. The molecule has 0 aliphatic carbocycles. The van der Waals surface area contributed by atoms with Gasteiger partial charge < -0.3 is 15.4 Å². The molecule has 0 radical (unpaired) electrons. The Labute approximate surface area is 116 Å². The number of amides is 2. The monoisotopic (exact) mass is 276 g/mol. The van der Waals surface area contributed by atoms with Crippen LogP contribution >= 0.6 is 0 Å². The molecule has 0 saturated carbocycles. The lowest BCUT2D eigenvalue weighted by molar-refractivity contribution is -0.122. The first-order valence-corrected chi connectivity index (χ1v) is 6.02. The first kappa shape index (κ1) is 15.6. The number of aromatic nitrogens is 1. The highest BCUT2D eigenvalue weighted by Gasteiger charge is 2.16. The molecule has 1 unspecified atom stereocenters. The molecule has 2 N–H and O–H groups in total. The van der Waals surface area contributed by atoms with Crippen molar-refractivity contribution in [2.24, 2.45) is 0 Å². The molecular formula is C13H16N4O3. The zero-order chi connectivity index (χ0) is 15.0. The van der Waals surface area contributed by atoms with Crippen molar-refractivity contribution in [3.05, 3.63) is 29.6 Å². The van der Waals surface area contributed by atoms with Crippen molar-refractivity contribution in [3.8, 4) is 6.07 Å². The number of hydrogen-bond acceptors (Lipinski definition) is 5. The first-order chi connectivity index (χ1) is 9.58. The summed E-state index contributed by atoms with van der Waals surface area (Å²) in [5.41, 5.74) is 0.521. The minimum Gasteiger partial charge on any atom is -0.383 e. The molecule has 1 heterocycles. The third-order valence-corrected chi connectivity index (χ3v) is 2.47. The van der Waals surface area contributed by atoms with Crippen LogP contribution in [0.3, 0.4) is 0 Å². The zero-order valence-electron chi connectivity index (χ0n) is 11.3. The van der Waals surface area contributed by atoms with Gasteiger partial charge in [-0.25, -0.2) is 4.98 Å². The SMILES string of the molecule is COCCNC(=O)C(C)NC(=O)c1ccc(C#N)cn1. The number of ether oxygens (including phenoxy) is 1. The molecule has 7 nitrogen and oxygen atoms in total. The Bertz CT molecular complexity index is 507. The Balaban J connectivity index is 2.52. The van der Waals surface area contributed by atoms with Gasteiger partial charge in [-0.05, 0) is 19.1 Å². The smallest absolute Gasteiger partial charge is 0.270 e. The van der Waals surface area contributed by atoms with Crippen molar-refractivity contribution < 1.29 is 14.3 Å². The third-order valence-electron chi connectivity index (χ3n) is 2.47. The molecule has 0 aliphatic heterocycles. The van der Waals surface area contributed by atoms with Gasteiger partial charge in [-0.15, -0.1) is 0 Å². The van der Waals surface area contributed by atoms with E-state index >= 15 is 0 Å². The number of rotatable bonds is 6. The molecule has 2 amide bonds. The largest absolute Gasteiger partial charge is 0.383 e. The predicted molar refractivity (Wildman–Crippen MR) is 70.8 cm³/mol. The molecule has 1 aromatic heterocycles. The van der Waals surface area contributed by atoms with Gasteiger partial charge in [0.1, 0.15) is 17.8 Å². The Morgan fingerprint density at radius 3 is 2.80 bits per heavy atom. The van der Waals surface area contributed by atoms with Crippen molar-refractivity contribution in [2.75, 3.05) is 20.3 Å².